The van der Waals surface area contributed by atoms with Crippen LogP contribution >= 0.6 is 7.82 Å². The Balaban J connectivity index is 4.12. The molecule has 342 valence electrons. The van der Waals surface area contributed by atoms with Crippen LogP contribution in [0, 0.1) is 0 Å². The van der Waals surface area contributed by atoms with Gasteiger partial charge in [-0.3, -0.25) is 18.6 Å². The lowest BCUT2D eigenvalue weighted by Crippen LogP contribution is -2.29. The third kappa shape index (κ3) is 45.1. The minimum absolute atomic E-state index is 0.0477. The van der Waals surface area contributed by atoms with Gasteiger partial charge in [0.25, 0.3) is 0 Å². The molecule has 0 aliphatic heterocycles. The quantitative estimate of drug-likeness (QED) is 0.0266. The van der Waals surface area contributed by atoms with Gasteiger partial charge in [0.05, 0.1) is 13.2 Å². The van der Waals surface area contributed by atoms with Crippen molar-refractivity contribution in [3.8, 4) is 0 Å². The highest BCUT2D eigenvalue weighted by Crippen LogP contribution is 2.43. The molecule has 59 heavy (non-hydrogen) atoms. The molecule has 0 aromatic rings. The zero-order valence-corrected chi connectivity index (χ0v) is 38.6. The Morgan fingerprint density at radius 3 is 1.41 bits per heavy atom. The van der Waals surface area contributed by atoms with Crippen LogP contribution in [-0.4, -0.2) is 49.3 Å². The fourth-order valence-electron chi connectivity index (χ4n) is 6.39. The summed E-state index contributed by atoms with van der Waals surface area (Å²) in [4.78, 5) is 35.0. The van der Waals surface area contributed by atoms with Crippen molar-refractivity contribution in [1.82, 2.24) is 0 Å². The lowest BCUT2D eigenvalue weighted by atomic mass is 10.0. The molecule has 0 bridgehead atoms. The molecule has 0 fully saturated rings. The van der Waals surface area contributed by atoms with Crippen molar-refractivity contribution in [1.29, 1.82) is 0 Å². The Hall–Kier alpha value is -2.29. The van der Waals surface area contributed by atoms with Gasteiger partial charge < -0.3 is 20.1 Å². The maximum absolute atomic E-state index is 12.6. The second kappa shape index (κ2) is 45.2. The van der Waals surface area contributed by atoms with Crippen molar-refractivity contribution >= 4 is 19.8 Å². The number of nitrogens with two attached hydrogens (primary N) is 1. The molecule has 0 saturated heterocycles. The third-order valence-corrected chi connectivity index (χ3v) is 10.9. The summed E-state index contributed by atoms with van der Waals surface area (Å²) in [5.41, 5.74) is 5.36. The molecule has 0 radical (unpaired) electrons. The molecular formula is C49H88NO8P. The fourth-order valence-corrected chi connectivity index (χ4v) is 7.15. The maximum Gasteiger partial charge on any atom is 0.472 e. The summed E-state index contributed by atoms with van der Waals surface area (Å²) in [5, 5.41) is 0. The molecule has 3 N–H and O–H groups in total. The SMILES string of the molecule is CCC=CCC=CCC=CCC=CCCCCCCC(=O)OCC(COP(=O)(O)OCCN)OC(=O)CCCCCCCCCCCCCC=CCCCCCCCC. The first-order valence-corrected chi connectivity index (χ1v) is 25.3. The van der Waals surface area contributed by atoms with Crippen LogP contribution in [0.25, 0.3) is 0 Å². The van der Waals surface area contributed by atoms with Gasteiger partial charge >= 0.3 is 19.8 Å². The van der Waals surface area contributed by atoms with Crippen molar-refractivity contribution in [2.75, 3.05) is 26.4 Å². The van der Waals surface area contributed by atoms with E-state index in [9.17, 15) is 19.0 Å². The highest BCUT2D eigenvalue weighted by molar-refractivity contribution is 7.47. The third-order valence-electron chi connectivity index (χ3n) is 9.89. The number of carbonyl (C=O) groups is 2. The van der Waals surface area contributed by atoms with Crippen LogP contribution in [-0.2, 0) is 32.7 Å². The first-order chi connectivity index (χ1) is 28.8. The molecule has 2 unspecified atom stereocenters. The molecule has 0 spiro atoms. The molecule has 0 rings (SSSR count). The topological polar surface area (TPSA) is 134 Å². The first kappa shape index (κ1) is 56.7. The van der Waals surface area contributed by atoms with Crippen LogP contribution in [0.2, 0.25) is 0 Å². The summed E-state index contributed by atoms with van der Waals surface area (Å²) < 4.78 is 32.8. The smallest absolute Gasteiger partial charge is 0.462 e. The van der Waals surface area contributed by atoms with Gasteiger partial charge in [-0.1, -0.05) is 177 Å². The van der Waals surface area contributed by atoms with Crippen LogP contribution in [0.4, 0.5) is 0 Å². The zero-order valence-electron chi connectivity index (χ0n) is 37.7. The lowest BCUT2D eigenvalue weighted by Gasteiger charge is -2.19. The molecule has 0 aliphatic rings. The van der Waals surface area contributed by atoms with E-state index in [-0.39, 0.29) is 32.6 Å². The van der Waals surface area contributed by atoms with Gasteiger partial charge in [-0.05, 0) is 77.0 Å². The van der Waals surface area contributed by atoms with Gasteiger partial charge in [-0.2, -0.15) is 0 Å². The summed E-state index contributed by atoms with van der Waals surface area (Å²) in [6.45, 7) is 3.60. The molecule has 9 nitrogen and oxygen atoms in total. The van der Waals surface area contributed by atoms with E-state index < -0.39 is 32.5 Å². The molecule has 0 aromatic carbocycles. The number of hydrogen-bond acceptors (Lipinski definition) is 8. The van der Waals surface area contributed by atoms with Crippen molar-refractivity contribution < 1.29 is 37.6 Å². The number of allylic oxidation sites excluding steroid dienone is 10. The van der Waals surface area contributed by atoms with Crippen molar-refractivity contribution in [3.05, 3.63) is 60.8 Å². The summed E-state index contributed by atoms with van der Waals surface area (Å²) in [6.07, 6.45) is 54.0. The van der Waals surface area contributed by atoms with Gasteiger partial charge in [0.1, 0.15) is 6.61 Å². The predicted molar refractivity (Wildman–Crippen MR) is 247 cm³/mol. The Kier molecular flexibility index (Phi) is 43.5. The van der Waals surface area contributed by atoms with Crippen LogP contribution in [0.15, 0.2) is 60.8 Å². The van der Waals surface area contributed by atoms with Crippen molar-refractivity contribution in [2.24, 2.45) is 5.73 Å². The van der Waals surface area contributed by atoms with Crippen LogP contribution < -0.4 is 5.73 Å². The van der Waals surface area contributed by atoms with E-state index in [1.165, 1.54) is 96.3 Å². The molecular weight excluding hydrogens is 762 g/mol. The second-order valence-corrected chi connectivity index (χ2v) is 17.0. The number of hydrogen-bond donors (Lipinski definition) is 2. The number of rotatable bonds is 44. The van der Waals surface area contributed by atoms with Crippen molar-refractivity contribution in [2.45, 2.75) is 213 Å². The van der Waals surface area contributed by atoms with Gasteiger partial charge in [-0.15, -0.1) is 0 Å². The monoisotopic (exact) mass is 850 g/mol. The standard InChI is InChI=1S/C49H88NO8P/c1-3-5-7-9-11-13-15-17-19-21-22-23-24-26-28-30-32-34-36-38-40-42-49(52)58-47(46-57-59(53,54)56-44-43-50)45-55-48(51)41-39-37-35-33-31-29-27-25-20-18-16-14-12-10-8-6-4-2/h6,8,12,14,17-20,27,29,47H,3-5,7,9-11,13,15-16,21-26,28,30-46,50H2,1-2H3,(H,53,54). The number of unbranched alkanes of at least 4 members (excludes halogenated alkanes) is 21. The van der Waals surface area contributed by atoms with Crippen molar-refractivity contribution in [3.63, 3.8) is 0 Å². The minimum Gasteiger partial charge on any atom is -0.462 e. The maximum atomic E-state index is 12.6. The minimum atomic E-state index is -4.39. The summed E-state index contributed by atoms with van der Waals surface area (Å²) in [5.74, 6) is -0.856. The predicted octanol–water partition coefficient (Wildman–Crippen LogP) is 14.1. The Morgan fingerprint density at radius 2 is 0.932 bits per heavy atom. The van der Waals surface area contributed by atoms with Gasteiger partial charge in [0.2, 0.25) is 0 Å². The molecule has 10 heteroatoms. The number of carbonyl (C=O) groups excluding carboxylic acids is 2. The Morgan fingerprint density at radius 1 is 0.525 bits per heavy atom. The Bertz CT molecular complexity index is 1150. The van der Waals surface area contributed by atoms with Crippen LogP contribution in [0.3, 0.4) is 0 Å². The van der Waals surface area contributed by atoms with Crippen LogP contribution in [0.5, 0.6) is 0 Å². The average molecular weight is 850 g/mol. The fraction of sp³-hybridized carbons (Fsp3) is 0.755. The van der Waals surface area contributed by atoms with E-state index >= 15 is 0 Å². The molecule has 2 atom stereocenters. The van der Waals surface area contributed by atoms with E-state index in [0.717, 1.165) is 70.6 Å². The van der Waals surface area contributed by atoms with Crippen LogP contribution in [0.1, 0.15) is 206 Å². The molecule has 0 aliphatic carbocycles. The van der Waals surface area contributed by atoms with E-state index in [0.29, 0.717) is 12.8 Å². The first-order valence-electron chi connectivity index (χ1n) is 23.8. The van der Waals surface area contributed by atoms with Gasteiger partial charge in [0, 0.05) is 19.4 Å². The highest BCUT2D eigenvalue weighted by Gasteiger charge is 2.26. The average Bonchev–Trinajstić information content (AvgIpc) is 3.22. The van der Waals surface area contributed by atoms with E-state index in [2.05, 4.69) is 74.6 Å². The second-order valence-electron chi connectivity index (χ2n) is 15.6. The number of ether oxygens (including phenoxy) is 2. The normalized spacial score (nSPS) is 13.8. The Labute approximate surface area is 361 Å². The largest absolute Gasteiger partial charge is 0.472 e. The molecule has 0 aromatic heterocycles. The van der Waals surface area contributed by atoms with Gasteiger partial charge in [-0.25, -0.2) is 4.57 Å². The van der Waals surface area contributed by atoms with Gasteiger partial charge in [0.15, 0.2) is 6.10 Å². The van der Waals surface area contributed by atoms with E-state index in [1.807, 2.05) is 0 Å². The summed E-state index contributed by atoms with van der Waals surface area (Å²) in [6, 6.07) is 0. The molecule has 0 saturated carbocycles. The summed E-state index contributed by atoms with van der Waals surface area (Å²) >= 11 is 0. The highest BCUT2D eigenvalue weighted by atomic mass is 31.2. The zero-order chi connectivity index (χ0) is 43.2. The number of phosphoric acid groups is 1. The molecule has 0 heterocycles. The summed E-state index contributed by atoms with van der Waals surface area (Å²) in [7, 11) is -4.39. The lowest BCUT2D eigenvalue weighted by molar-refractivity contribution is -0.161. The van der Waals surface area contributed by atoms with E-state index in [1.54, 1.807) is 0 Å². The number of phosphoric ester groups is 1. The van der Waals surface area contributed by atoms with E-state index in [4.69, 9.17) is 24.3 Å². The molecule has 0 amide bonds. The number of esters is 2.